The van der Waals surface area contributed by atoms with Gasteiger partial charge >= 0.3 is 0 Å². The number of nitrogens with two attached hydrogens (primary N) is 1. The van der Waals surface area contributed by atoms with Gasteiger partial charge < -0.3 is 10.3 Å². The van der Waals surface area contributed by atoms with Gasteiger partial charge in [0.1, 0.15) is 11.6 Å². The molecule has 1 heterocycles. The lowest BCUT2D eigenvalue weighted by atomic mass is 10.0. The van der Waals surface area contributed by atoms with Gasteiger partial charge in [0.2, 0.25) is 0 Å². The summed E-state index contributed by atoms with van der Waals surface area (Å²) in [6.45, 7) is 4.25. The summed E-state index contributed by atoms with van der Waals surface area (Å²) in [5.74, 6) is 1.07. The highest BCUT2D eigenvalue weighted by atomic mass is 19.1. The van der Waals surface area contributed by atoms with Crippen LogP contribution < -0.4 is 5.73 Å². The number of hydrogen-bond donors (Lipinski definition) is 1. The Morgan fingerprint density at radius 1 is 1.41 bits per heavy atom. The number of aromatic nitrogens is 2. The number of aryl methyl sites for hydroxylation is 1. The molecule has 1 unspecified atom stereocenters. The molecule has 0 aliphatic carbocycles. The Balaban J connectivity index is 2.44. The summed E-state index contributed by atoms with van der Waals surface area (Å²) in [6.07, 6.45) is 0.875. The molecule has 0 aliphatic heterocycles. The van der Waals surface area contributed by atoms with Gasteiger partial charge in [-0.1, -0.05) is 13.8 Å². The van der Waals surface area contributed by atoms with E-state index in [2.05, 4.69) is 18.8 Å². The zero-order valence-electron chi connectivity index (χ0n) is 10.4. The number of rotatable bonds is 3. The van der Waals surface area contributed by atoms with Gasteiger partial charge in [0, 0.05) is 13.1 Å². The zero-order chi connectivity index (χ0) is 12.6. The maximum Gasteiger partial charge on any atom is 0.126 e. The van der Waals surface area contributed by atoms with Gasteiger partial charge in [0.15, 0.2) is 0 Å². The van der Waals surface area contributed by atoms with E-state index < -0.39 is 0 Å². The molecule has 92 valence electrons. The summed E-state index contributed by atoms with van der Waals surface area (Å²) in [4.78, 5) is 4.42. The van der Waals surface area contributed by atoms with Crippen molar-refractivity contribution < 1.29 is 4.39 Å². The molecule has 0 saturated carbocycles. The second kappa shape index (κ2) is 4.45. The van der Waals surface area contributed by atoms with Gasteiger partial charge in [-0.3, -0.25) is 0 Å². The van der Waals surface area contributed by atoms with E-state index in [-0.39, 0.29) is 11.9 Å². The van der Waals surface area contributed by atoms with Crippen molar-refractivity contribution in [3.63, 3.8) is 0 Å². The Kier molecular flexibility index (Phi) is 3.15. The van der Waals surface area contributed by atoms with Crippen LogP contribution in [0, 0.1) is 11.7 Å². The second-order valence-electron chi connectivity index (χ2n) is 4.90. The molecule has 3 nitrogen and oxygen atoms in total. The van der Waals surface area contributed by atoms with Crippen molar-refractivity contribution in [2.75, 3.05) is 0 Å². The van der Waals surface area contributed by atoms with Gasteiger partial charge in [-0.25, -0.2) is 9.37 Å². The maximum atomic E-state index is 13.1. The summed E-state index contributed by atoms with van der Waals surface area (Å²) >= 11 is 0. The molecule has 4 heteroatoms. The largest absolute Gasteiger partial charge is 0.330 e. The van der Waals surface area contributed by atoms with Crippen LogP contribution in [0.2, 0.25) is 0 Å². The van der Waals surface area contributed by atoms with Crippen molar-refractivity contribution in [1.29, 1.82) is 0 Å². The number of benzene rings is 1. The lowest BCUT2D eigenvalue weighted by Crippen LogP contribution is -2.17. The minimum absolute atomic E-state index is 0.101. The predicted molar refractivity (Wildman–Crippen MR) is 67.1 cm³/mol. The van der Waals surface area contributed by atoms with Crippen LogP contribution in [0.1, 0.15) is 32.1 Å². The van der Waals surface area contributed by atoms with E-state index in [1.165, 1.54) is 12.1 Å². The van der Waals surface area contributed by atoms with E-state index >= 15 is 0 Å². The van der Waals surface area contributed by atoms with E-state index in [1.807, 2.05) is 11.6 Å². The smallest absolute Gasteiger partial charge is 0.126 e. The molecule has 0 spiro atoms. The number of halogens is 1. The SMILES string of the molecule is CC(C)CC(N)c1nc2cc(F)ccc2n1C. The topological polar surface area (TPSA) is 43.8 Å². The maximum absolute atomic E-state index is 13.1. The summed E-state index contributed by atoms with van der Waals surface area (Å²) in [5.41, 5.74) is 7.71. The molecule has 0 aliphatic rings. The Hall–Kier alpha value is -1.42. The Morgan fingerprint density at radius 2 is 2.12 bits per heavy atom. The molecular formula is C13H18FN3. The fourth-order valence-corrected chi connectivity index (χ4v) is 2.14. The van der Waals surface area contributed by atoms with E-state index in [0.29, 0.717) is 11.4 Å². The molecule has 2 N–H and O–H groups in total. The number of nitrogens with zero attached hydrogens (tertiary/aromatic N) is 2. The van der Waals surface area contributed by atoms with Crippen molar-refractivity contribution in [2.24, 2.45) is 18.7 Å². The minimum atomic E-state index is -0.264. The fraction of sp³-hybridized carbons (Fsp3) is 0.462. The highest BCUT2D eigenvalue weighted by molar-refractivity contribution is 5.76. The molecule has 0 saturated heterocycles. The summed E-state index contributed by atoms with van der Waals surface area (Å²) in [7, 11) is 1.92. The third kappa shape index (κ3) is 2.31. The molecule has 0 bridgehead atoms. The molecular weight excluding hydrogens is 217 g/mol. The van der Waals surface area contributed by atoms with Crippen molar-refractivity contribution in [3.05, 3.63) is 29.8 Å². The van der Waals surface area contributed by atoms with Crippen LogP contribution in [-0.2, 0) is 7.05 Å². The quantitative estimate of drug-likeness (QED) is 0.889. The fourth-order valence-electron chi connectivity index (χ4n) is 2.14. The van der Waals surface area contributed by atoms with Gasteiger partial charge in [0.05, 0.1) is 17.1 Å². The highest BCUT2D eigenvalue weighted by Gasteiger charge is 2.16. The molecule has 1 atom stereocenters. The highest BCUT2D eigenvalue weighted by Crippen LogP contribution is 2.22. The first-order valence-corrected chi connectivity index (χ1v) is 5.86. The van der Waals surface area contributed by atoms with Crippen LogP contribution in [0.15, 0.2) is 18.2 Å². The summed E-state index contributed by atoms with van der Waals surface area (Å²) in [5, 5.41) is 0. The second-order valence-corrected chi connectivity index (χ2v) is 4.90. The van der Waals surface area contributed by atoms with Crippen molar-refractivity contribution in [1.82, 2.24) is 9.55 Å². The van der Waals surface area contributed by atoms with Gasteiger partial charge in [-0.15, -0.1) is 0 Å². The third-order valence-corrected chi connectivity index (χ3v) is 2.93. The first kappa shape index (κ1) is 12.0. The number of fused-ring (bicyclic) bond motifs is 1. The van der Waals surface area contributed by atoms with Crippen molar-refractivity contribution in [3.8, 4) is 0 Å². The molecule has 2 aromatic rings. The van der Waals surface area contributed by atoms with Crippen LogP contribution >= 0.6 is 0 Å². The van der Waals surface area contributed by atoms with Crippen molar-refractivity contribution in [2.45, 2.75) is 26.3 Å². The Morgan fingerprint density at radius 3 is 2.76 bits per heavy atom. The number of imidazole rings is 1. The van der Waals surface area contributed by atoms with Gasteiger partial charge in [-0.05, 0) is 24.5 Å². The van der Waals surface area contributed by atoms with E-state index in [1.54, 1.807) is 6.07 Å². The Bertz CT molecular complexity index is 531. The zero-order valence-corrected chi connectivity index (χ0v) is 10.4. The number of hydrogen-bond acceptors (Lipinski definition) is 2. The van der Waals surface area contributed by atoms with Crippen LogP contribution in [0.25, 0.3) is 11.0 Å². The van der Waals surface area contributed by atoms with Crippen molar-refractivity contribution >= 4 is 11.0 Å². The molecule has 0 fully saturated rings. The normalized spacial score (nSPS) is 13.5. The third-order valence-electron chi connectivity index (χ3n) is 2.93. The van der Waals surface area contributed by atoms with Gasteiger partial charge in [0.25, 0.3) is 0 Å². The first-order valence-electron chi connectivity index (χ1n) is 5.86. The van der Waals surface area contributed by atoms with Gasteiger partial charge in [-0.2, -0.15) is 0 Å². The standard InChI is InChI=1S/C13H18FN3/c1-8(2)6-10(15)13-16-11-7-9(14)4-5-12(11)17(13)3/h4-5,7-8,10H,6,15H2,1-3H3. The predicted octanol–water partition coefficient (Wildman–Crippen LogP) is 2.76. The van der Waals surface area contributed by atoms with E-state index in [0.717, 1.165) is 17.8 Å². The average Bonchev–Trinajstić information content (AvgIpc) is 2.54. The lowest BCUT2D eigenvalue weighted by molar-refractivity contribution is 0.485. The van der Waals surface area contributed by atoms with Crippen LogP contribution in [0.4, 0.5) is 4.39 Å². The molecule has 0 radical (unpaired) electrons. The van der Waals surface area contributed by atoms with Crippen LogP contribution in [0.5, 0.6) is 0 Å². The molecule has 1 aromatic carbocycles. The molecule has 2 rings (SSSR count). The lowest BCUT2D eigenvalue weighted by Gasteiger charge is -2.13. The van der Waals surface area contributed by atoms with Crippen LogP contribution in [-0.4, -0.2) is 9.55 Å². The Labute approximate surface area is 100 Å². The molecule has 17 heavy (non-hydrogen) atoms. The monoisotopic (exact) mass is 235 g/mol. The minimum Gasteiger partial charge on any atom is -0.330 e. The van der Waals surface area contributed by atoms with E-state index in [4.69, 9.17) is 5.73 Å². The molecule has 1 aromatic heterocycles. The summed E-state index contributed by atoms with van der Waals surface area (Å²) < 4.78 is 15.1. The van der Waals surface area contributed by atoms with Crippen LogP contribution in [0.3, 0.4) is 0 Å². The average molecular weight is 235 g/mol. The van der Waals surface area contributed by atoms with E-state index in [9.17, 15) is 4.39 Å². The first-order chi connectivity index (χ1) is 7.99. The molecule has 0 amide bonds. The summed E-state index contributed by atoms with van der Waals surface area (Å²) in [6, 6.07) is 4.53.